The van der Waals surface area contributed by atoms with Crippen molar-refractivity contribution in [1.29, 1.82) is 0 Å². The van der Waals surface area contributed by atoms with Gasteiger partial charge >= 0.3 is 0 Å². The first-order valence-corrected chi connectivity index (χ1v) is 13.7. The number of carbonyl (C=O) groups is 3. The number of hydrogen-bond donors (Lipinski definition) is 2. The smallest absolute Gasteiger partial charge is 0.243 e. The van der Waals surface area contributed by atoms with Crippen LogP contribution in [0.5, 0.6) is 11.5 Å². The van der Waals surface area contributed by atoms with E-state index in [1.54, 1.807) is 25.1 Å². The number of amides is 3. The summed E-state index contributed by atoms with van der Waals surface area (Å²) in [7, 11) is -1.85. The average Bonchev–Trinajstić information content (AvgIpc) is 3.38. The number of halogens is 1. The summed E-state index contributed by atoms with van der Waals surface area (Å²) in [5.74, 6) is -1.81. The Bertz CT molecular complexity index is 1170. The second-order valence-electron chi connectivity index (χ2n) is 9.04. The van der Waals surface area contributed by atoms with E-state index in [0.29, 0.717) is 36.1 Å². The van der Waals surface area contributed by atoms with Crippen molar-refractivity contribution >= 4 is 39.9 Å². The Balaban J connectivity index is 1.47. The van der Waals surface area contributed by atoms with E-state index in [0.717, 1.165) is 25.7 Å². The van der Waals surface area contributed by atoms with E-state index in [9.17, 15) is 23.0 Å². The highest BCUT2D eigenvalue weighted by Gasteiger charge is 2.31. The van der Waals surface area contributed by atoms with Crippen LogP contribution in [0.15, 0.2) is 42.5 Å². The van der Waals surface area contributed by atoms with Gasteiger partial charge in [-0.2, -0.15) is 0 Å². The molecule has 9 nitrogen and oxygen atoms in total. The molecule has 1 saturated carbocycles. The molecule has 1 fully saturated rings. The van der Waals surface area contributed by atoms with Gasteiger partial charge in [0.05, 0.1) is 0 Å². The van der Waals surface area contributed by atoms with E-state index < -0.39 is 46.0 Å². The first-order valence-electron chi connectivity index (χ1n) is 12.2. The minimum Gasteiger partial charge on any atom is -0.486 e. The topological polar surface area (TPSA) is 114 Å². The fraction of sp³-hybridized carbons (Fsp3) is 0.423. The fourth-order valence-corrected chi connectivity index (χ4v) is 5.29. The van der Waals surface area contributed by atoms with Crippen LogP contribution in [0.3, 0.4) is 0 Å². The van der Waals surface area contributed by atoms with Crippen LogP contribution in [0.25, 0.3) is 0 Å². The third kappa shape index (κ3) is 7.06. The Morgan fingerprint density at radius 2 is 1.70 bits per heavy atom. The molecule has 1 aliphatic carbocycles. The molecule has 4 rings (SSSR count). The standard InChI is InChI=1S/C26H30FN3O6S/c1-17(26(33)29-19-4-2-3-5-19)30(21-10-11-22-23(14-21)36-13-12-35-22)25(32)16-37(34)15-24(31)28-20-8-6-18(27)7-9-20/h6-11,14,17,19H,2-5,12-13,15-16H2,1H3,(H,28,31)(H,29,33)/t17-,37+/m0/s1. The van der Waals surface area contributed by atoms with Crippen molar-refractivity contribution in [3.05, 3.63) is 48.3 Å². The number of rotatable bonds is 9. The molecule has 0 bridgehead atoms. The van der Waals surface area contributed by atoms with Gasteiger partial charge < -0.3 is 20.1 Å². The van der Waals surface area contributed by atoms with Gasteiger partial charge in [0.15, 0.2) is 11.5 Å². The van der Waals surface area contributed by atoms with Crippen molar-refractivity contribution in [1.82, 2.24) is 5.32 Å². The number of anilines is 2. The van der Waals surface area contributed by atoms with Crippen LogP contribution in [0.1, 0.15) is 32.6 Å². The van der Waals surface area contributed by atoms with Crippen molar-refractivity contribution in [3.8, 4) is 11.5 Å². The molecule has 0 aromatic heterocycles. The first-order chi connectivity index (χ1) is 17.8. The fourth-order valence-electron chi connectivity index (χ4n) is 4.41. The van der Waals surface area contributed by atoms with Crippen LogP contribution in [0.2, 0.25) is 0 Å². The Hall–Kier alpha value is -3.47. The van der Waals surface area contributed by atoms with Crippen LogP contribution in [-0.2, 0) is 25.2 Å². The van der Waals surface area contributed by atoms with Gasteiger partial charge in [-0.3, -0.25) is 23.5 Å². The SMILES string of the molecule is C[C@@H](C(=O)NC1CCCC1)N(C(=O)C[S@](=O)CC(=O)Nc1ccc(F)cc1)c1ccc2c(c1)OCCO2. The van der Waals surface area contributed by atoms with E-state index in [2.05, 4.69) is 10.6 Å². The van der Waals surface area contributed by atoms with Gasteiger partial charge in [0.1, 0.15) is 36.6 Å². The van der Waals surface area contributed by atoms with E-state index in [-0.39, 0.29) is 11.9 Å². The van der Waals surface area contributed by atoms with Gasteiger partial charge in [0, 0.05) is 34.3 Å². The maximum absolute atomic E-state index is 13.4. The van der Waals surface area contributed by atoms with E-state index in [1.165, 1.54) is 29.2 Å². The lowest BCUT2D eigenvalue weighted by Gasteiger charge is -2.30. The molecular weight excluding hydrogens is 501 g/mol. The monoisotopic (exact) mass is 531 g/mol. The van der Waals surface area contributed by atoms with Crippen molar-refractivity contribution in [3.63, 3.8) is 0 Å². The summed E-state index contributed by atoms with van der Waals surface area (Å²) in [6, 6.07) is 9.27. The number of ether oxygens (including phenoxy) is 2. The molecule has 0 unspecified atom stereocenters. The zero-order valence-corrected chi connectivity index (χ0v) is 21.4. The Morgan fingerprint density at radius 3 is 2.41 bits per heavy atom. The van der Waals surface area contributed by atoms with Crippen molar-refractivity contribution in [2.75, 3.05) is 34.9 Å². The summed E-state index contributed by atoms with van der Waals surface area (Å²) in [6.45, 7) is 2.38. The Morgan fingerprint density at radius 1 is 1.03 bits per heavy atom. The molecule has 0 radical (unpaired) electrons. The number of nitrogens with one attached hydrogen (secondary N) is 2. The molecular formula is C26H30FN3O6S. The molecule has 2 atom stereocenters. The number of nitrogens with zero attached hydrogens (tertiary/aromatic N) is 1. The summed E-state index contributed by atoms with van der Waals surface area (Å²) < 4.78 is 37.0. The van der Waals surface area contributed by atoms with Gasteiger partial charge in [0.25, 0.3) is 0 Å². The second-order valence-corrected chi connectivity index (χ2v) is 10.5. The predicted molar refractivity (Wildman–Crippen MR) is 138 cm³/mol. The maximum Gasteiger partial charge on any atom is 0.243 e. The maximum atomic E-state index is 13.4. The van der Waals surface area contributed by atoms with E-state index in [4.69, 9.17) is 9.47 Å². The molecule has 0 spiro atoms. The Kier molecular flexibility index (Phi) is 8.75. The average molecular weight is 532 g/mol. The molecule has 198 valence electrons. The molecule has 2 aromatic carbocycles. The van der Waals surface area contributed by atoms with Crippen molar-refractivity contribution in [2.24, 2.45) is 0 Å². The minimum atomic E-state index is -1.85. The predicted octanol–water partition coefficient (Wildman–Crippen LogP) is 2.76. The van der Waals surface area contributed by atoms with Crippen LogP contribution in [0, 0.1) is 5.82 Å². The molecule has 1 aliphatic heterocycles. The number of benzene rings is 2. The highest BCUT2D eigenvalue weighted by atomic mass is 32.2. The summed E-state index contributed by atoms with van der Waals surface area (Å²) >= 11 is 0. The van der Waals surface area contributed by atoms with Gasteiger partial charge in [0.2, 0.25) is 17.7 Å². The lowest BCUT2D eigenvalue weighted by atomic mass is 10.1. The summed E-state index contributed by atoms with van der Waals surface area (Å²) in [5, 5.41) is 5.54. The highest BCUT2D eigenvalue weighted by Crippen LogP contribution is 2.35. The molecule has 2 aliphatic rings. The van der Waals surface area contributed by atoms with Crippen molar-refractivity contribution in [2.45, 2.75) is 44.7 Å². The van der Waals surface area contributed by atoms with E-state index >= 15 is 0 Å². The second kappa shape index (κ2) is 12.2. The summed E-state index contributed by atoms with van der Waals surface area (Å²) in [4.78, 5) is 40.1. The number of carbonyl (C=O) groups excluding carboxylic acids is 3. The first kappa shape index (κ1) is 26.6. The van der Waals surface area contributed by atoms with Crippen LogP contribution >= 0.6 is 0 Å². The zero-order chi connectivity index (χ0) is 26.4. The van der Waals surface area contributed by atoms with Gasteiger partial charge in [-0.1, -0.05) is 12.8 Å². The Labute approximate surface area is 217 Å². The highest BCUT2D eigenvalue weighted by molar-refractivity contribution is 7.86. The summed E-state index contributed by atoms with van der Waals surface area (Å²) in [5.41, 5.74) is 0.751. The quantitative estimate of drug-likeness (QED) is 0.515. The molecule has 0 saturated heterocycles. The number of hydrogen-bond acceptors (Lipinski definition) is 6. The van der Waals surface area contributed by atoms with Crippen LogP contribution < -0.4 is 25.0 Å². The normalized spacial score (nSPS) is 16.5. The third-order valence-electron chi connectivity index (χ3n) is 6.25. The van der Waals surface area contributed by atoms with Crippen LogP contribution in [-0.4, -0.2) is 58.7 Å². The van der Waals surface area contributed by atoms with Crippen LogP contribution in [0.4, 0.5) is 15.8 Å². The zero-order valence-electron chi connectivity index (χ0n) is 20.5. The minimum absolute atomic E-state index is 0.0662. The molecule has 11 heteroatoms. The molecule has 1 heterocycles. The van der Waals surface area contributed by atoms with Gasteiger partial charge in [-0.15, -0.1) is 0 Å². The third-order valence-corrected chi connectivity index (χ3v) is 7.40. The van der Waals surface area contributed by atoms with Gasteiger partial charge in [-0.05, 0) is 56.2 Å². The largest absolute Gasteiger partial charge is 0.486 e. The van der Waals surface area contributed by atoms with Gasteiger partial charge in [-0.25, -0.2) is 4.39 Å². The summed E-state index contributed by atoms with van der Waals surface area (Å²) in [6.07, 6.45) is 3.87. The lowest BCUT2D eigenvalue weighted by Crippen LogP contribution is -2.51. The number of fused-ring (bicyclic) bond motifs is 1. The van der Waals surface area contributed by atoms with E-state index in [1.807, 2.05) is 0 Å². The van der Waals surface area contributed by atoms with Crippen molar-refractivity contribution < 1.29 is 32.5 Å². The molecule has 37 heavy (non-hydrogen) atoms. The lowest BCUT2D eigenvalue weighted by molar-refractivity contribution is -0.125. The molecule has 2 aromatic rings. The molecule has 2 N–H and O–H groups in total. The molecule has 3 amide bonds.